The van der Waals surface area contributed by atoms with Gasteiger partial charge in [-0.2, -0.15) is 57.1 Å². The molecule has 0 aromatic rings. The predicted molar refractivity (Wildman–Crippen MR) is 53.3 cm³/mol. The van der Waals surface area contributed by atoms with Gasteiger partial charge in [-0.15, -0.1) is 0 Å². The topological polar surface area (TPSA) is 29.5 Å². The minimum atomic E-state index is -7.89. The molecule has 0 heterocycles. The highest BCUT2D eigenvalue weighted by Gasteiger charge is 2.90. The lowest BCUT2D eigenvalue weighted by atomic mass is 9.93. The number of hydrogen-bond acceptors (Lipinski definition) is 2. The molecule has 0 aliphatic heterocycles. The van der Waals surface area contributed by atoms with Crippen molar-refractivity contribution in [2.24, 2.45) is 0 Å². The molecule has 0 aliphatic rings. The lowest BCUT2D eigenvalue weighted by Crippen LogP contribution is -2.70. The normalized spacial score (nSPS) is 15.6. The fourth-order valence-corrected chi connectivity index (χ4v) is 1.33. The Balaban J connectivity index is 5.79. The molecule has 15 heteroatoms. The molecule has 2 nitrogen and oxygen atoms in total. The Hall–Kier alpha value is -0.990. The molecular formula is C10H9F13O2. The highest BCUT2D eigenvalue weighted by Crippen LogP contribution is 2.60. The SMILES string of the molecule is OCCOCCC(F)(F)C(F)(F)C(F)(F)C(F)(F)C(F)(F)C(F)(F)F. The van der Waals surface area contributed by atoms with Gasteiger partial charge in [0.1, 0.15) is 0 Å². The molecule has 0 atom stereocenters. The quantitative estimate of drug-likeness (QED) is 0.460. The van der Waals surface area contributed by atoms with Crippen LogP contribution in [-0.2, 0) is 4.74 Å². The molecule has 0 saturated heterocycles. The summed E-state index contributed by atoms with van der Waals surface area (Å²) in [7, 11) is 0. The van der Waals surface area contributed by atoms with Crippen molar-refractivity contribution in [3.63, 3.8) is 0 Å². The van der Waals surface area contributed by atoms with Crippen molar-refractivity contribution in [1.29, 1.82) is 0 Å². The van der Waals surface area contributed by atoms with Gasteiger partial charge in [0, 0.05) is 6.42 Å². The van der Waals surface area contributed by atoms with Crippen LogP contribution < -0.4 is 0 Å². The Morgan fingerprint density at radius 2 is 0.960 bits per heavy atom. The summed E-state index contributed by atoms with van der Waals surface area (Å²) in [5.74, 6) is -36.8. The van der Waals surface area contributed by atoms with Gasteiger partial charge in [0.25, 0.3) is 0 Å². The van der Waals surface area contributed by atoms with E-state index in [9.17, 15) is 57.1 Å². The van der Waals surface area contributed by atoms with E-state index in [-0.39, 0.29) is 0 Å². The standard InChI is InChI=1S/C10H9F13O2/c11-5(12,1-3-25-4-2-24)6(13,14)7(15,16)8(17,18)9(19,20)10(21,22)23/h24H,1-4H2. The van der Waals surface area contributed by atoms with Crippen molar-refractivity contribution in [3.05, 3.63) is 0 Å². The maximum atomic E-state index is 13.1. The zero-order valence-corrected chi connectivity index (χ0v) is 11.6. The Morgan fingerprint density at radius 1 is 0.560 bits per heavy atom. The predicted octanol–water partition coefficient (Wildman–Crippen LogP) is 4.12. The molecule has 152 valence electrons. The molecule has 25 heavy (non-hydrogen) atoms. The first kappa shape index (κ1) is 24.0. The number of halogens is 13. The maximum absolute atomic E-state index is 13.1. The van der Waals surface area contributed by atoms with E-state index >= 15 is 0 Å². The van der Waals surface area contributed by atoms with Crippen LogP contribution in [0.15, 0.2) is 0 Å². The van der Waals surface area contributed by atoms with Gasteiger partial charge < -0.3 is 9.84 Å². The first-order chi connectivity index (χ1) is 10.8. The van der Waals surface area contributed by atoms with E-state index in [1.165, 1.54) is 0 Å². The van der Waals surface area contributed by atoms with Crippen molar-refractivity contribution >= 4 is 0 Å². The average Bonchev–Trinajstić information content (AvgIpc) is 2.41. The van der Waals surface area contributed by atoms with Crippen LogP contribution in [0, 0.1) is 0 Å². The molecule has 0 spiro atoms. The maximum Gasteiger partial charge on any atom is 0.460 e. The molecule has 1 N–H and O–H groups in total. The Morgan fingerprint density at radius 3 is 1.32 bits per heavy atom. The molecule has 0 aromatic carbocycles. The van der Waals surface area contributed by atoms with Crippen molar-refractivity contribution in [1.82, 2.24) is 0 Å². The van der Waals surface area contributed by atoms with Gasteiger partial charge in [-0.3, -0.25) is 0 Å². The van der Waals surface area contributed by atoms with Crippen LogP contribution in [0.3, 0.4) is 0 Å². The first-order valence-electron chi connectivity index (χ1n) is 5.95. The number of aliphatic hydroxyl groups is 1. The zero-order chi connectivity index (χ0) is 20.5. The lowest BCUT2D eigenvalue weighted by Gasteiger charge is -2.39. The van der Waals surface area contributed by atoms with Crippen LogP contribution in [0.1, 0.15) is 6.42 Å². The summed E-state index contributed by atoms with van der Waals surface area (Å²) in [5, 5.41) is 8.19. The smallest absolute Gasteiger partial charge is 0.394 e. The second-order valence-electron chi connectivity index (χ2n) is 4.59. The number of rotatable bonds is 9. The Bertz CT molecular complexity index is 443. The molecule has 0 rings (SSSR count). The van der Waals surface area contributed by atoms with E-state index in [1.807, 2.05) is 0 Å². The van der Waals surface area contributed by atoms with E-state index in [2.05, 4.69) is 4.74 Å². The van der Waals surface area contributed by atoms with E-state index in [0.29, 0.717) is 0 Å². The molecule has 0 bridgehead atoms. The van der Waals surface area contributed by atoms with Crippen molar-refractivity contribution in [3.8, 4) is 0 Å². The summed E-state index contributed by atoms with van der Waals surface area (Å²) in [4.78, 5) is 0. The third kappa shape index (κ3) is 3.90. The minimum Gasteiger partial charge on any atom is -0.394 e. The zero-order valence-electron chi connectivity index (χ0n) is 11.6. The highest BCUT2D eigenvalue weighted by atomic mass is 19.4. The highest BCUT2D eigenvalue weighted by molar-refractivity contribution is 5.10. The lowest BCUT2D eigenvalue weighted by molar-refractivity contribution is -0.440. The van der Waals surface area contributed by atoms with Crippen molar-refractivity contribution in [2.75, 3.05) is 19.8 Å². The van der Waals surface area contributed by atoms with Crippen LogP contribution in [0.5, 0.6) is 0 Å². The summed E-state index contributed by atoms with van der Waals surface area (Å²) < 4.78 is 169. The van der Waals surface area contributed by atoms with Crippen molar-refractivity contribution in [2.45, 2.75) is 42.2 Å². The molecule has 0 aromatic heterocycles. The average molecular weight is 408 g/mol. The van der Waals surface area contributed by atoms with Gasteiger partial charge in [-0.1, -0.05) is 0 Å². The fraction of sp³-hybridized carbons (Fsp3) is 1.00. The molecule has 0 amide bonds. The molecular weight excluding hydrogens is 399 g/mol. The molecule has 0 saturated carbocycles. The molecule has 0 aliphatic carbocycles. The summed E-state index contributed by atoms with van der Waals surface area (Å²) in [6, 6.07) is 0. The molecule has 0 radical (unpaired) electrons. The van der Waals surface area contributed by atoms with Gasteiger partial charge in [-0.25, -0.2) is 0 Å². The second-order valence-corrected chi connectivity index (χ2v) is 4.59. The minimum absolute atomic E-state index is 0.750. The van der Waals surface area contributed by atoms with Crippen LogP contribution in [0.25, 0.3) is 0 Å². The summed E-state index contributed by atoms with van der Waals surface area (Å²) >= 11 is 0. The van der Waals surface area contributed by atoms with Crippen molar-refractivity contribution < 1.29 is 66.9 Å². The van der Waals surface area contributed by atoms with Gasteiger partial charge in [0.15, 0.2) is 0 Å². The van der Waals surface area contributed by atoms with E-state index in [1.54, 1.807) is 0 Å². The van der Waals surface area contributed by atoms with E-state index < -0.39 is 62.0 Å². The molecule has 0 fully saturated rings. The van der Waals surface area contributed by atoms with E-state index in [0.717, 1.165) is 0 Å². The van der Waals surface area contributed by atoms with Crippen LogP contribution >= 0.6 is 0 Å². The largest absolute Gasteiger partial charge is 0.460 e. The third-order valence-electron chi connectivity index (χ3n) is 2.79. The van der Waals surface area contributed by atoms with Gasteiger partial charge in [-0.05, 0) is 0 Å². The number of ether oxygens (including phenoxy) is 1. The summed E-state index contributed by atoms with van der Waals surface area (Å²) in [5.41, 5.74) is 0. The monoisotopic (exact) mass is 408 g/mol. The number of alkyl halides is 13. The summed E-state index contributed by atoms with van der Waals surface area (Å²) in [6.45, 7) is -3.09. The van der Waals surface area contributed by atoms with Crippen LogP contribution in [0.4, 0.5) is 57.1 Å². The van der Waals surface area contributed by atoms with Gasteiger partial charge >= 0.3 is 35.8 Å². The fourth-order valence-electron chi connectivity index (χ4n) is 1.33. The Labute approximate surface area is 130 Å². The second kappa shape index (κ2) is 6.96. The van der Waals surface area contributed by atoms with E-state index in [4.69, 9.17) is 5.11 Å². The molecule has 0 unspecified atom stereocenters. The first-order valence-corrected chi connectivity index (χ1v) is 5.95. The number of hydrogen-bond donors (Lipinski definition) is 1. The van der Waals surface area contributed by atoms with Gasteiger partial charge in [0.2, 0.25) is 0 Å². The van der Waals surface area contributed by atoms with Gasteiger partial charge in [0.05, 0.1) is 19.8 Å². The third-order valence-corrected chi connectivity index (χ3v) is 2.79. The van der Waals surface area contributed by atoms with Crippen LogP contribution in [-0.4, -0.2) is 60.7 Å². The van der Waals surface area contributed by atoms with Crippen LogP contribution in [0.2, 0.25) is 0 Å². The summed E-state index contributed by atoms with van der Waals surface area (Å²) in [6.07, 6.45) is -9.85. The number of aliphatic hydroxyl groups excluding tert-OH is 1. The Kier molecular flexibility index (Phi) is 6.69.